The predicted molar refractivity (Wildman–Crippen MR) is 354 cm³/mol. The third-order valence-corrected chi connectivity index (χ3v) is 13.4. The van der Waals surface area contributed by atoms with Gasteiger partial charge in [0.05, 0.1) is 40.9 Å². The first-order valence-electron chi connectivity index (χ1n) is 29.0. The molecule has 3 atom stereocenters. The van der Waals surface area contributed by atoms with Gasteiger partial charge in [0.25, 0.3) is 0 Å². The Balaban J connectivity index is 0.000000326. The highest BCUT2D eigenvalue weighted by Crippen LogP contribution is 2.39. The van der Waals surface area contributed by atoms with Crippen LogP contribution >= 0.6 is 40.4 Å². The van der Waals surface area contributed by atoms with E-state index in [1.807, 2.05) is 115 Å². The lowest BCUT2D eigenvalue weighted by molar-refractivity contribution is -0.157. The van der Waals surface area contributed by atoms with Crippen LogP contribution in [-0.2, 0) is 56.6 Å². The van der Waals surface area contributed by atoms with Crippen molar-refractivity contribution in [2.24, 2.45) is 32.7 Å². The number of nitrogens with zero attached hydrogens (tertiary/aromatic N) is 5. The van der Waals surface area contributed by atoms with Gasteiger partial charge in [-0.15, -0.1) is 4.99 Å². The van der Waals surface area contributed by atoms with Crippen LogP contribution in [-0.4, -0.2) is 72.0 Å². The van der Waals surface area contributed by atoms with Crippen molar-refractivity contribution in [3.05, 3.63) is 155 Å². The topological polar surface area (TPSA) is 217 Å². The summed E-state index contributed by atoms with van der Waals surface area (Å²) in [7, 11) is 0. The van der Waals surface area contributed by atoms with Crippen LogP contribution in [0, 0.1) is 16.2 Å². The third-order valence-electron chi connectivity index (χ3n) is 12.7. The normalized spacial score (nSPS) is 13.6. The Labute approximate surface area is 546 Å². The average molecular weight is 1350 g/mol. The van der Waals surface area contributed by atoms with Gasteiger partial charge < -0.3 is 35.7 Å². The standard InChI is InChI=1S/C22H29F2N3O2S.C20H27F2N3O2.C16H24BrNO2.C9H7NO2S/c1-14(2)29-19(28)22(26-15(3)30,13-21(4,5)6)18-9-7-16(8-10-18)17-11-25-27(12-17)20(23)24;1-13(2)27-17(26)20(23,12-19(3,4)5)16-8-6-14(7-9-16)15-10-24-25(11-15)18(21)22;1-11(2)20-14(19)16(18,10-15(3,4)5)12-6-8-13(17)9-7-12;11-9(10-7-13)12-6-8-4-2-1-3-5-8/h7-12,14,20H,13H2,1-6H3,(H,26,30);6-11,13,18H,12,23H2,1-5H3;6-9,11H,10,18H2,1-5H3;1-5H,6H2/t22-;20-;16-;/m111./s1. The van der Waals surface area contributed by atoms with Crippen molar-refractivity contribution < 1.29 is 55.7 Å². The van der Waals surface area contributed by atoms with Gasteiger partial charge in [-0.05, 0) is 142 Å². The van der Waals surface area contributed by atoms with Crippen molar-refractivity contribution in [3.63, 3.8) is 0 Å². The number of amides is 1. The number of aliphatic imine (C=N–C) groups is 1. The van der Waals surface area contributed by atoms with Crippen molar-refractivity contribution >= 4 is 74.5 Å². The van der Waals surface area contributed by atoms with Crippen LogP contribution in [0.1, 0.15) is 165 Å². The number of esters is 3. The van der Waals surface area contributed by atoms with Gasteiger partial charge in [0, 0.05) is 28.0 Å². The van der Waals surface area contributed by atoms with E-state index in [1.54, 1.807) is 83.1 Å². The van der Waals surface area contributed by atoms with Gasteiger partial charge in [0.2, 0.25) is 0 Å². The summed E-state index contributed by atoms with van der Waals surface area (Å²) in [6.07, 6.45) is 5.23. The zero-order chi connectivity index (χ0) is 68.2. The van der Waals surface area contributed by atoms with E-state index >= 15 is 0 Å². The third kappa shape index (κ3) is 25.0. The van der Waals surface area contributed by atoms with Gasteiger partial charge in [-0.3, -0.25) is 0 Å². The second-order valence-corrected chi connectivity index (χ2v) is 27.7. The number of isothiocyanates is 1. The summed E-state index contributed by atoms with van der Waals surface area (Å²) in [6.45, 7) is 25.7. The van der Waals surface area contributed by atoms with Gasteiger partial charge in [-0.25, -0.2) is 28.5 Å². The molecule has 6 aromatic rings. The maximum atomic E-state index is 13.3. The Bertz CT molecular complexity index is 3320. The van der Waals surface area contributed by atoms with Gasteiger partial charge in [0.1, 0.15) is 17.7 Å². The molecule has 90 heavy (non-hydrogen) atoms. The largest absolute Gasteiger partial charge is 0.461 e. The number of benzene rings is 4. The Kier molecular flexibility index (Phi) is 29.1. The summed E-state index contributed by atoms with van der Waals surface area (Å²) in [5, 5.41) is 12.4. The fourth-order valence-corrected chi connectivity index (χ4v) is 9.91. The smallest absolute Gasteiger partial charge is 0.442 e. The molecule has 2 heterocycles. The quantitative estimate of drug-likeness (QED) is 0.0226. The lowest BCUT2D eigenvalue weighted by Gasteiger charge is -2.38. The molecule has 0 saturated carbocycles. The van der Waals surface area contributed by atoms with Crippen LogP contribution in [0.4, 0.5) is 22.4 Å². The Morgan fingerprint density at radius 2 is 0.944 bits per heavy atom. The SMILES string of the molecule is CC(=S)N[C@@](CC(C)(C)C)(C(=O)OC(C)C)c1ccc(-c2cnn(C(F)F)c2)cc1.CC(C)OC(=O)[C@@](N)(CC(C)(C)C)c1ccc(-c2cnn(C(F)F)c2)cc1.CC(C)OC(=O)[C@@](N)(CC(C)(C)C)c1ccc(Br)cc1.O=C(N=C=S)OCc1ccccc1. The molecule has 16 nitrogen and oxygen atoms in total. The van der Waals surface area contributed by atoms with Crippen LogP contribution in [0.2, 0.25) is 0 Å². The molecule has 6 rings (SSSR count). The molecule has 4 aromatic carbocycles. The summed E-state index contributed by atoms with van der Waals surface area (Å²) in [6, 6.07) is 31.0. The molecule has 0 fully saturated rings. The molecule has 0 spiro atoms. The maximum Gasteiger partial charge on any atom is 0.442 e. The second-order valence-electron chi connectivity index (χ2n) is 26.0. The van der Waals surface area contributed by atoms with Crippen molar-refractivity contribution in [2.75, 3.05) is 0 Å². The number of aromatic nitrogens is 4. The number of hydrogen-bond acceptors (Lipinski definition) is 14. The average Bonchev–Trinajstić information content (AvgIpc) is 0.892. The van der Waals surface area contributed by atoms with Crippen LogP contribution < -0.4 is 16.8 Å². The summed E-state index contributed by atoms with van der Waals surface area (Å²) in [4.78, 5) is 52.8. The van der Waals surface area contributed by atoms with Gasteiger partial charge in [-0.1, -0.05) is 181 Å². The minimum Gasteiger partial charge on any atom is -0.461 e. The van der Waals surface area contributed by atoms with Gasteiger partial charge >= 0.3 is 37.1 Å². The highest BCUT2D eigenvalue weighted by molar-refractivity contribution is 9.10. The zero-order valence-electron chi connectivity index (χ0n) is 54.2. The first kappa shape index (κ1) is 77.2. The molecule has 0 unspecified atom stereocenters. The molecule has 0 aliphatic carbocycles. The number of nitrogens with one attached hydrogen (secondary N) is 1. The minimum atomic E-state index is -2.70. The number of thiocarbonyl (C=S) groups is 2. The van der Waals surface area contributed by atoms with Crippen molar-refractivity contribution in [1.29, 1.82) is 0 Å². The number of rotatable bonds is 19. The van der Waals surface area contributed by atoms with E-state index in [1.165, 1.54) is 24.8 Å². The van der Waals surface area contributed by atoms with E-state index in [0.29, 0.717) is 67.0 Å². The van der Waals surface area contributed by atoms with Crippen molar-refractivity contribution in [2.45, 2.75) is 185 Å². The number of hydrogen-bond donors (Lipinski definition) is 3. The molecule has 0 bridgehead atoms. The zero-order valence-corrected chi connectivity index (χ0v) is 57.4. The summed E-state index contributed by atoms with van der Waals surface area (Å²) in [5.41, 5.74) is 14.4. The minimum absolute atomic E-state index is 0.0855. The first-order valence-corrected chi connectivity index (χ1v) is 30.7. The molecule has 0 aliphatic heterocycles. The Hall–Kier alpha value is -7.01. The monoisotopic (exact) mass is 1350 g/mol. The summed E-state index contributed by atoms with van der Waals surface area (Å²) >= 11 is 12.9. The summed E-state index contributed by atoms with van der Waals surface area (Å²) < 4.78 is 74.3. The molecule has 490 valence electrons. The predicted octanol–water partition coefficient (Wildman–Crippen LogP) is 16.4. The lowest BCUT2D eigenvalue weighted by Crippen LogP contribution is -2.54. The number of halogens is 5. The number of carbonyl (C=O) groups is 4. The molecule has 0 aliphatic rings. The number of nitrogens with two attached hydrogens (primary N) is 2. The molecule has 1 amide bonds. The molecular weight excluding hydrogens is 1260 g/mol. The number of alkyl halides is 4. The summed E-state index contributed by atoms with van der Waals surface area (Å²) in [5.74, 6) is -1.26. The van der Waals surface area contributed by atoms with Crippen LogP contribution in [0.5, 0.6) is 0 Å². The lowest BCUT2D eigenvalue weighted by atomic mass is 9.75. The van der Waals surface area contributed by atoms with Gasteiger partial charge in [-0.2, -0.15) is 27.8 Å². The van der Waals surface area contributed by atoms with E-state index in [0.717, 1.165) is 15.6 Å². The molecule has 23 heteroatoms. The highest BCUT2D eigenvalue weighted by Gasteiger charge is 2.46. The highest BCUT2D eigenvalue weighted by atomic mass is 79.9. The van der Waals surface area contributed by atoms with Crippen molar-refractivity contribution in [3.8, 4) is 22.3 Å². The second kappa shape index (κ2) is 33.9. The van der Waals surface area contributed by atoms with E-state index in [-0.39, 0.29) is 47.1 Å². The van der Waals surface area contributed by atoms with E-state index in [9.17, 15) is 36.7 Å². The molecular formula is C67H87BrF4N8O8S2. The maximum absolute atomic E-state index is 13.3. The van der Waals surface area contributed by atoms with E-state index in [2.05, 4.69) is 69.4 Å². The van der Waals surface area contributed by atoms with Crippen LogP contribution in [0.3, 0.4) is 0 Å². The van der Waals surface area contributed by atoms with Gasteiger partial charge in [0.15, 0.2) is 5.54 Å². The Morgan fingerprint density at radius 1 is 0.578 bits per heavy atom. The molecule has 5 N–H and O–H groups in total. The van der Waals surface area contributed by atoms with Crippen molar-refractivity contribution in [1.82, 2.24) is 24.9 Å². The van der Waals surface area contributed by atoms with E-state index < -0.39 is 47.7 Å². The fraction of sp³-hybridized carbons (Fsp3) is 0.463. The fourth-order valence-electron chi connectivity index (χ4n) is 9.40. The van der Waals surface area contributed by atoms with Crippen LogP contribution in [0.15, 0.2) is 137 Å². The molecule has 0 radical (unpaired) electrons. The van der Waals surface area contributed by atoms with E-state index in [4.69, 9.17) is 42.6 Å². The van der Waals surface area contributed by atoms with Crippen LogP contribution in [0.25, 0.3) is 22.3 Å². The number of carbonyl (C=O) groups excluding carboxylic acids is 4. The molecule has 0 saturated heterocycles. The number of ether oxygens (including phenoxy) is 4. The Morgan fingerprint density at radius 3 is 1.28 bits per heavy atom. The first-order chi connectivity index (χ1) is 41.6. The molecule has 2 aromatic heterocycles.